The average molecular weight is 366 g/mol. The third-order valence-electron chi connectivity index (χ3n) is 3.60. The average Bonchev–Trinajstić information content (AvgIpc) is 2.60. The van der Waals surface area contributed by atoms with Gasteiger partial charge in [-0.15, -0.1) is 0 Å². The van der Waals surface area contributed by atoms with Gasteiger partial charge in [0.1, 0.15) is 0 Å². The fraction of sp³-hybridized carbons (Fsp3) is 0.556. The summed E-state index contributed by atoms with van der Waals surface area (Å²) >= 11 is 0. The Labute approximate surface area is 153 Å². The molecule has 1 aromatic heterocycles. The molecule has 0 amide bonds. The quantitative estimate of drug-likeness (QED) is 0.348. The molecule has 1 unspecified atom stereocenters. The fourth-order valence-electron chi connectivity index (χ4n) is 2.59. The van der Waals surface area contributed by atoms with Crippen LogP contribution in [0, 0.1) is 5.92 Å². The SMILES string of the molecule is CCOC(=O)CN(C)C(c1ccncc1)C(C(=O)OCC)C(=O)OCC. The van der Waals surface area contributed by atoms with E-state index in [0.29, 0.717) is 5.56 Å². The lowest BCUT2D eigenvalue weighted by Gasteiger charge is -2.31. The van der Waals surface area contributed by atoms with E-state index in [1.54, 1.807) is 57.2 Å². The maximum absolute atomic E-state index is 12.5. The zero-order valence-corrected chi connectivity index (χ0v) is 15.6. The van der Waals surface area contributed by atoms with Gasteiger partial charge in [0.05, 0.1) is 32.4 Å². The molecule has 0 aliphatic carbocycles. The molecule has 0 fully saturated rings. The Morgan fingerprint density at radius 1 is 0.962 bits per heavy atom. The third kappa shape index (κ3) is 6.11. The third-order valence-corrected chi connectivity index (χ3v) is 3.60. The monoisotopic (exact) mass is 366 g/mol. The molecule has 0 saturated carbocycles. The molecular weight excluding hydrogens is 340 g/mol. The van der Waals surface area contributed by atoms with E-state index >= 15 is 0 Å². The van der Waals surface area contributed by atoms with Gasteiger partial charge in [0.25, 0.3) is 0 Å². The second-order valence-electron chi connectivity index (χ2n) is 5.43. The van der Waals surface area contributed by atoms with Gasteiger partial charge < -0.3 is 14.2 Å². The lowest BCUT2D eigenvalue weighted by molar-refractivity contribution is -0.166. The van der Waals surface area contributed by atoms with Gasteiger partial charge in [-0.2, -0.15) is 0 Å². The van der Waals surface area contributed by atoms with E-state index in [1.807, 2.05) is 0 Å². The Hall–Kier alpha value is -2.48. The molecule has 1 aromatic rings. The Morgan fingerprint density at radius 3 is 1.92 bits per heavy atom. The topological polar surface area (TPSA) is 95.0 Å². The van der Waals surface area contributed by atoms with Gasteiger partial charge in [-0.05, 0) is 45.5 Å². The molecule has 0 bridgehead atoms. The molecule has 0 N–H and O–H groups in total. The summed E-state index contributed by atoms with van der Waals surface area (Å²) in [6.07, 6.45) is 3.10. The number of aromatic nitrogens is 1. The maximum Gasteiger partial charge on any atom is 0.322 e. The van der Waals surface area contributed by atoms with Gasteiger partial charge in [0.15, 0.2) is 5.92 Å². The summed E-state index contributed by atoms with van der Waals surface area (Å²) in [5, 5.41) is 0. The summed E-state index contributed by atoms with van der Waals surface area (Å²) in [5.74, 6) is -3.11. The van der Waals surface area contributed by atoms with Crippen LogP contribution in [0.1, 0.15) is 32.4 Å². The first-order chi connectivity index (χ1) is 12.5. The normalized spacial score (nSPS) is 11.9. The van der Waals surface area contributed by atoms with Gasteiger partial charge in [-0.25, -0.2) is 0 Å². The van der Waals surface area contributed by atoms with Crippen molar-refractivity contribution in [3.63, 3.8) is 0 Å². The summed E-state index contributed by atoms with van der Waals surface area (Å²) in [6.45, 7) is 5.41. The van der Waals surface area contributed by atoms with Crippen molar-refractivity contribution in [1.82, 2.24) is 9.88 Å². The minimum Gasteiger partial charge on any atom is -0.465 e. The van der Waals surface area contributed by atoms with E-state index in [2.05, 4.69) is 4.98 Å². The van der Waals surface area contributed by atoms with Crippen LogP contribution < -0.4 is 0 Å². The maximum atomic E-state index is 12.5. The van der Waals surface area contributed by atoms with Crippen LogP contribution in [0.25, 0.3) is 0 Å². The van der Waals surface area contributed by atoms with E-state index in [1.165, 1.54) is 0 Å². The smallest absolute Gasteiger partial charge is 0.322 e. The second kappa shape index (κ2) is 11.2. The number of hydrogen-bond donors (Lipinski definition) is 0. The highest BCUT2D eigenvalue weighted by Crippen LogP contribution is 2.30. The van der Waals surface area contributed by atoms with Crippen molar-refractivity contribution < 1.29 is 28.6 Å². The lowest BCUT2D eigenvalue weighted by atomic mass is 9.92. The Kier molecular flexibility index (Phi) is 9.29. The van der Waals surface area contributed by atoms with Crippen molar-refractivity contribution >= 4 is 17.9 Å². The van der Waals surface area contributed by atoms with Crippen LogP contribution in [0.3, 0.4) is 0 Å². The van der Waals surface area contributed by atoms with Crippen LogP contribution in [0.4, 0.5) is 0 Å². The van der Waals surface area contributed by atoms with Gasteiger partial charge in [-0.3, -0.25) is 24.3 Å². The lowest BCUT2D eigenvalue weighted by Crippen LogP contribution is -2.43. The van der Waals surface area contributed by atoms with Crippen molar-refractivity contribution in [2.45, 2.75) is 26.8 Å². The van der Waals surface area contributed by atoms with E-state index in [0.717, 1.165) is 0 Å². The van der Waals surface area contributed by atoms with E-state index < -0.39 is 29.9 Å². The predicted octanol–water partition coefficient (Wildman–Crippen LogP) is 1.36. The minimum absolute atomic E-state index is 0.101. The first kappa shape index (κ1) is 21.6. The molecule has 144 valence electrons. The van der Waals surface area contributed by atoms with Gasteiger partial charge >= 0.3 is 17.9 Å². The van der Waals surface area contributed by atoms with Crippen molar-refractivity contribution in [2.24, 2.45) is 5.92 Å². The minimum atomic E-state index is -1.24. The van der Waals surface area contributed by atoms with E-state index in [-0.39, 0.29) is 26.4 Å². The number of carbonyl (C=O) groups is 3. The molecule has 8 heteroatoms. The van der Waals surface area contributed by atoms with Crippen molar-refractivity contribution in [2.75, 3.05) is 33.4 Å². The summed E-state index contributed by atoms with van der Waals surface area (Å²) in [4.78, 5) is 42.4. The standard InChI is InChI=1S/C18H26N2O6/c1-5-24-14(21)12-20(4)16(13-8-10-19-11-9-13)15(17(22)25-6-2)18(23)26-7-3/h8-11,15-16H,5-7,12H2,1-4H3. The summed E-state index contributed by atoms with van der Waals surface area (Å²) in [5.41, 5.74) is 0.637. The number of esters is 3. The molecule has 0 saturated heterocycles. The molecule has 0 aliphatic rings. The zero-order chi connectivity index (χ0) is 19.5. The Bertz CT molecular complexity index is 575. The molecule has 1 atom stereocenters. The number of nitrogens with zero attached hydrogens (tertiary/aromatic N) is 2. The van der Waals surface area contributed by atoms with E-state index in [9.17, 15) is 14.4 Å². The molecule has 0 spiro atoms. The highest BCUT2D eigenvalue weighted by atomic mass is 16.6. The van der Waals surface area contributed by atoms with Crippen LogP contribution in [-0.2, 0) is 28.6 Å². The Morgan fingerprint density at radius 2 is 1.46 bits per heavy atom. The van der Waals surface area contributed by atoms with Crippen LogP contribution in [-0.4, -0.2) is 61.2 Å². The number of carbonyl (C=O) groups excluding carboxylic acids is 3. The highest BCUT2D eigenvalue weighted by molar-refractivity contribution is 5.96. The molecule has 1 heterocycles. The number of pyridine rings is 1. The number of likely N-dealkylation sites (N-methyl/N-ethyl adjacent to an activating group) is 1. The molecule has 26 heavy (non-hydrogen) atoms. The van der Waals surface area contributed by atoms with Crippen LogP contribution in [0.5, 0.6) is 0 Å². The predicted molar refractivity (Wildman–Crippen MR) is 93.0 cm³/mol. The van der Waals surface area contributed by atoms with E-state index in [4.69, 9.17) is 14.2 Å². The van der Waals surface area contributed by atoms with Crippen molar-refractivity contribution in [1.29, 1.82) is 0 Å². The van der Waals surface area contributed by atoms with Gasteiger partial charge in [-0.1, -0.05) is 0 Å². The first-order valence-corrected chi connectivity index (χ1v) is 8.55. The Balaban J connectivity index is 3.26. The number of ether oxygens (including phenoxy) is 3. The number of hydrogen-bond acceptors (Lipinski definition) is 8. The second-order valence-corrected chi connectivity index (χ2v) is 5.43. The summed E-state index contributed by atoms with van der Waals surface area (Å²) in [7, 11) is 1.63. The largest absolute Gasteiger partial charge is 0.465 e. The fourth-order valence-corrected chi connectivity index (χ4v) is 2.59. The summed E-state index contributed by atoms with van der Waals surface area (Å²) in [6, 6.07) is 2.59. The molecule has 0 radical (unpaired) electrons. The number of rotatable bonds is 10. The van der Waals surface area contributed by atoms with Crippen molar-refractivity contribution in [3.8, 4) is 0 Å². The van der Waals surface area contributed by atoms with Crippen LogP contribution >= 0.6 is 0 Å². The molecule has 0 aliphatic heterocycles. The highest BCUT2D eigenvalue weighted by Gasteiger charge is 2.41. The first-order valence-electron chi connectivity index (χ1n) is 8.55. The van der Waals surface area contributed by atoms with Gasteiger partial charge in [0.2, 0.25) is 0 Å². The molecule has 8 nitrogen and oxygen atoms in total. The van der Waals surface area contributed by atoms with Crippen LogP contribution in [0.15, 0.2) is 24.5 Å². The van der Waals surface area contributed by atoms with Crippen LogP contribution in [0.2, 0.25) is 0 Å². The molecule has 1 rings (SSSR count). The molecular formula is C18H26N2O6. The van der Waals surface area contributed by atoms with Gasteiger partial charge in [0, 0.05) is 12.4 Å². The zero-order valence-electron chi connectivity index (χ0n) is 15.6. The van der Waals surface area contributed by atoms with Crippen molar-refractivity contribution in [3.05, 3.63) is 30.1 Å². The molecule has 0 aromatic carbocycles. The summed E-state index contributed by atoms with van der Waals surface area (Å²) < 4.78 is 15.1.